The highest BCUT2D eigenvalue weighted by Gasteiger charge is 2.29. The van der Waals surface area contributed by atoms with Gasteiger partial charge >= 0.3 is 0 Å². The van der Waals surface area contributed by atoms with Crippen molar-refractivity contribution in [2.24, 2.45) is 0 Å². The maximum Gasteiger partial charge on any atom is 0.228 e. The van der Waals surface area contributed by atoms with E-state index >= 15 is 0 Å². The first-order valence-corrected chi connectivity index (χ1v) is 11.0. The average Bonchev–Trinajstić information content (AvgIpc) is 3.12. The lowest BCUT2D eigenvalue weighted by Gasteiger charge is -2.40. The lowest BCUT2D eigenvalue weighted by atomic mass is 9.99. The Kier molecular flexibility index (Phi) is 5.99. The number of carbonyl (C=O) groups excluding carboxylic acids is 2. The van der Waals surface area contributed by atoms with Gasteiger partial charge < -0.3 is 9.80 Å². The number of likely N-dealkylation sites (tertiary alicyclic amines) is 2. The van der Waals surface area contributed by atoms with Gasteiger partial charge in [0.05, 0.1) is 5.69 Å². The van der Waals surface area contributed by atoms with Crippen LogP contribution in [0.5, 0.6) is 0 Å². The van der Waals surface area contributed by atoms with Crippen molar-refractivity contribution in [3.05, 3.63) is 11.8 Å². The molecule has 4 rings (SSSR count). The highest BCUT2D eigenvalue weighted by atomic mass is 16.2. The molecule has 0 N–H and O–H groups in total. The van der Waals surface area contributed by atoms with Crippen molar-refractivity contribution in [1.29, 1.82) is 0 Å². The number of hydrogen-bond acceptors (Lipinski definition) is 4. The molecule has 3 aliphatic rings. The zero-order valence-corrected chi connectivity index (χ0v) is 17.1. The van der Waals surface area contributed by atoms with Crippen LogP contribution in [-0.4, -0.2) is 70.2 Å². The third kappa shape index (κ3) is 4.24. The molecule has 7 heteroatoms. The summed E-state index contributed by atoms with van der Waals surface area (Å²) < 4.78 is 1.91. The van der Waals surface area contributed by atoms with Gasteiger partial charge in [0.1, 0.15) is 5.82 Å². The molecule has 0 aliphatic carbocycles. The van der Waals surface area contributed by atoms with Gasteiger partial charge in [0, 0.05) is 51.1 Å². The SMILES string of the molecule is Cc1cc2n(n1)CCCN2C(=O)CCC(=O)N1CCC(N2CCCCC2)CC1. The molecule has 0 radical (unpaired) electrons. The summed E-state index contributed by atoms with van der Waals surface area (Å²) in [6.07, 6.45) is 7.66. The van der Waals surface area contributed by atoms with Crippen LogP contribution in [0.25, 0.3) is 0 Å². The van der Waals surface area contributed by atoms with E-state index in [1.54, 1.807) is 4.90 Å². The summed E-state index contributed by atoms with van der Waals surface area (Å²) in [6.45, 7) is 7.65. The maximum absolute atomic E-state index is 12.7. The molecule has 1 aromatic heterocycles. The summed E-state index contributed by atoms with van der Waals surface area (Å²) in [5, 5.41) is 4.44. The van der Waals surface area contributed by atoms with Crippen LogP contribution in [0.2, 0.25) is 0 Å². The minimum absolute atomic E-state index is 0.0393. The fourth-order valence-electron chi connectivity index (χ4n) is 4.93. The van der Waals surface area contributed by atoms with Crippen LogP contribution in [0.15, 0.2) is 6.07 Å². The molecule has 0 spiro atoms. The standard InChI is InChI=1S/C21H33N5O2/c1-17-16-19-25(12-5-13-26(19)22-17)21(28)7-6-20(27)24-14-8-18(9-15-24)23-10-3-2-4-11-23/h16,18H,2-15H2,1H3. The van der Waals surface area contributed by atoms with Gasteiger partial charge in [-0.15, -0.1) is 0 Å². The molecule has 3 aliphatic heterocycles. The molecule has 7 nitrogen and oxygen atoms in total. The van der Waals surface area contributed by atoms with E-state index < -0.39 is 0 Å². The quantitative estimate of drug-likeness (QED) is 0.795. The second-order valence-electron chi connectivity index (χ2n) is 8.47. The molecule has 28 heavy (non-hydrogen) atoms. The minimum atomic E-state index is 0.0393. The van der Waals surface area contributed by atoms with Crippen molar-refractivity contribution in [1.82, 2.24) is 19.6 Å². The maximum atomic E-state index is 12.7. The van der Waals surface area contributed by atoms with Gasteiger partial charge in [-0.25, -0.2) is 4.68 Å². The fourth-order valence-corrected chi connectivity index (χ4v) is 4.93. The number of anilines is 1. The molecular formula is C21H33N5O2. The summed E-state index contributed by atoms with van der Waals surface area (Å²) in [5.74, 6) is 1.05. The zero-order chi connectivity index (χ0) is 19.5. The second-order valence-corrected chi connectivity index (χ2v) is 8.47. The lowest BCUT2D eigenvalue weighted by molar-refractivity contribution is -0.134. The van der Waals surface area contributed by atoms with Crippen molar-refractivity contribution in [2.45, 2.75) is 70.9 Å². The molecule has 1 aromatic rings. The Hall–Kier alpha value is -1.89. The van der Waals surface area contributed by atoms with Gasteiger partial charge in [0.15, 0.2) is 0 Å². The van der Waals surface area contributed by atoms with Gasteiger partial charge in [0.2, 0.25) is 11.8 Å². The predicted octanol–water partition coefficient (Wildman–Crippen LogP) is 2.19. The molecule has 0 aromatic carbocycles. The molecular weight excluding hydrogens is 354 g/mol. The Balaban J connectivity index is 1.24. The van der Waals surface area contributed by atoms with Gasteiger partial charge in [-0.1, -0.05) is 6.42 Å². The second kappa shape index (κ2) is 8.64. The smallest absolute Gasteiger partial charge is 0.228 e. The largest absolute Gasteiger partial charge is 0.343 e. The molecule has 4 heterocycles. The topological polar surface area (TPSA) is 61.7 Å². The number of rotatable bonds is 4. The van der Waals surface area contributed by atoms with Crippen LogP contribution >= 0.6 is 0 Å². The fraction of sp³-hybridized carbons (Fsp3) is 0.762. The van der Waals surface area contributed by atoms with Gasteiger partial charge in [-0.3, -0.25) is 14.5 Å². The van der Waals surface area contributed by atoms with Gasteiger partial charge in [0.25, 0.3) is 0 Å². The van der Waals surface area contributed by atoms with Crippen molar-refractivity contribution < 1.29 is 9.59 Å². The normalized spacial score (nSPS) is 21.6. The third-order valence-electron chi connectivity index (χ3n) is 6.49. The number of carbonyl (C=O) groups is 2. The molecule has 0 bridgehead atoms. The Morgan fingerprint density at radius 3 is 2.39 bits per heavy atom. The lowest BCUT2D eigenvalue weighted by Crippen LogP contribution is -2.48. The van der Waals surface area contributed by atoms with Crippen molar-refractivity contribution >= 4 is 17.6 Å². The van der Waals surface area contributed by atoms with Crippen LogP contribution in [0.1, 0.15) is 57.1 Å². The van der Waals surface area contributed by atoms with E-state index in [0.29, 0.717) is 12.5 Å². The molecule has 0 atom stereocenters. The van der Waals surface area contributed by atoms with Crippen LogP contribution in [0.4, 0.5) is 5.82 Å². The molecule has 2 fully saturated rings. The summed E-state index contributed by atoms with van der Waals surface area (Å²) in [6, 6.07) is 2.60. The summed E-state index contributed by atoms with van der Waals surface area (Å²) in [5.41, 5.74) is 0.933. The van der Waals surface area contributed by atoms with Crippen LogP contribution in [0.3, 0.4) is 0 Å². The first kappa shape index (κ1) is 19.4. The summed E-state index contributed by atoms with van der Waals surface area (Å²) >= 11 is 0. The Bertz CT molecular complexity index is 702. The van der Waals surface area contributed by atoms with E-state index in [-0.39, 0.29) is 18.2 Å². The van der Waals surface area contributed by atoms with Crippen LogP contribution < -0.4 is 4.90 Å². The molecule has 154 valence electrons. The van der Waals surface area contributed by atoms with Crippen molar-refractivity contribution in [2.75, 3.05) is 37.6 Å². The van der Waals surface area contributed by atoms with E-state index in [0.717, 1.165) is 57.0 Å². The number of nitrogens with zero attached hydrogens (tertiary/aromatic N) is 5. The summed E-state index contributed by atoms with van der Waals surface area (Å²) in [7, 11) is 0. The van der Waals surface area contributed by atoms with E-state index in [2.05, 4.69) is 10.00 Å². The van der Waals surface area contributed by atoms with Gasteiger partial charge in [-0.2, -0.15) is 5.10 Å². The first-order valence-electron chi connectivity index (χ1n) is 11.0. The highest BCUT2D eigenvalue weighted by Crippen LogP contribution is 2.24. The highest BCUT2D eigenvalue weighted by molar-refractivity contribution is 5.95. The minimum Gasteiger partial charge on any atom is -0.343 e. The van der Waals surface area contributed by atoms with Gasteiger partial charge in [-0.05, 0) is 52.1 Å². The number of aromatic nitrogens is 2. The first-order chi connectivity index (χ1) is 13.6. The Morgan fingerprint density at radius 2 is 1.64 bits per heavy atom. The summed E-state index contributed by atoms with van der Waals surface area (Å²) in [4.78, 5) is 31.8. The van der Waals surface area contributed by atoms with Crippen molar-refractivity contribution in [3.63, 3.8) is 0 Å². The van der Waals surface area contributed by atoms with E-state index in [1.807, 2.05) is 22.6 Å². The predicted molar refractivity (Wildman–Crippen MR) is 108 cm³/mol. The third-order valence-corrected chi connectivity index (χ3v) is 6.49. The number of aryl methyl sites for hydroxylation is 2. The van der Waals surface area contributed by atoms with E-state index in [1.165, 1.54) is 32.4 Å². The molecule has 0 unspecified atom stereocenters. The Labute approximate surface area is 167 Å². The van der Waals surface area contributed by atoms with E-state index in [9.17, 15) is 9.59 Å². The number of hydrogen-bond donors (Lipinski definition) is 0. The molecule has 2 saturated heterocycles. The zero-order valence-electron chi connectivity index (χ0n) is 17.1. The average molecular weight is 388 g/mol. The monoisotopic (exact) mass is 387 g/mol. The van der Waals surface area contributed by atoms with Crippen LogP contribution in [-0.2, 0) is 16.1 Å². The molecule has 0 saturated carbocycles. The van der Waals surface area contributed by atoms with Crippen molar-refractivity contribution in [3.8, 4) is 0 Å². The number of fused-ring (bicyclic) bond motifs is 1. The Morgan fingerprint density at radius 1 is 0.929 bits per heavy atom. The van der Waals surface area contributed by atoms with E-state index in [4.69, 9.17) is 0 Å². The number of piperidine rings is 2. The van der Waals surface area contributed by atoms with Crippen LogP contribution in [0, 0.1) is 6.92 Å². The molecule has 2 amide bonds. The number of amides is 2.